The SMILES string of the molecule is Cc1ccc(C(=O)c2c(N)c(C(=O)Nc3cc(Cl)ccc3C)c3ccccn23)cc1. The number of nitrogen functional groups attached to an aromatic ring is 1. The number of ketones is 1. The van der Waals surface area contributed by atoms with Crippen LogP contribution >= 0.6 is 11.6 Å². The molecule has 0 atom stereocenters. The van der Waals surface area contributed by atoms with Crippen molar-refractivity contribution >= 4 is 40.2 Å². The Morgan fingerprint density at radius 2 is 1.73 bits per heavy atom. The fraction of sp³-hybridized carbons (Fsp3) is 0.0833. The molecule has 150 valence electrons. The van der Waals surface area contributed by atoms with Crippen LogP contribution in [0.25, 0.3) is 5.52 Å². The van der Waals surface area contributed by atoms with Crippen molar-refractivity contribution in [3.05, 3.63) is 99.8 Å². The first-order chi connectivity index (χ1) is 14.4. The van der Waals surface area contributed by atoms with Crippen LogP contribution in [0.4, 0.5) is 11.4 Å². The number of nitrogens with zero attached hydrogens (tertiary/aromatic N) is 1. The van der Waals surface area contributed by atoms with E-state index in [2.05, 4.69) is 5.32 Å². The lowest BCUT2D eigenvalue weighted by molar-refractivity contribution is 0.102. The van der Waals surface area contributed by atoms with Crippen LogP contribution in [0.1, 0.15) is 37.5 Å². The van der Waals surface area contributed by atoms with Gasteiger partial charge in [-0.15, -0.1) is 0 Å². The number of aromatic nitrogens is 1. The van der Waals surface area contributed by atoms with E-state index in [0.717, 1.165) is 11.1 Å². The predicted molar refractivity (Wildman–Crippen MR) is 121 cm³/mol. The molecule has 0 fully saturated rings. The summed E-state index contributed by atoms with van der Waals surface area (Å²) in [6.45, 7) is 3.83. The standard InChI is InChI=1S/C24H20ClN3O2/c1-14-6-9-16(10-7-14)23(29)22-21(26)20(19-5-3-4-12-28(19)22)24(30)27-18-13-17(25)11-8-15(18)2/h3-13H,26H2,1-2H3,(H,27,30). The second kappa shape index (κ2) is 7.69. The van der Waals surface area contributed by atoms with Crippen LogP contribution in [0.15, 0.2) is 66.9 Å². The van der Waals surface area contributed by atoms with Gasteiger partial charge in [0.25, 0.3) is 5.91 Å². The molecule has 4 aromatic rings. The minimum Gasteiger partial charge on any atom is -0.396 e. The lowest BCUT2D eigenvalue weighted by atomic mass is 10.0. The number of aryl methyl sites for hydroxylation is 2. The smallest absolute Gasteiger partial charge is 0.259 e. The Balaban J connectivity index is 1.82. The van der Waals surface area contributed by atoms with E-state index in [4.69, 9.17) is 17.3 Å². The zero-order chi connectivity index (χ0) is 21.4. The molecule has 4 rings (SSSR count). The van der Waals surface area contributed by atoms with Gasteiger partial charge in [-0.25, -0.2) is 0 Å². The van der Waals surface area contributed by atoms with Crippen molar-refractivity contribution in [2.24, 2.45) is 0 Å². The van der Waals surface area contributed by atoms with Crippen molar-refractivity contribution in [2.75, 3.05) is 11.1 Å². The molecule has 0 bridgehead atoms. The predicted octanol–water partition coefficient (Wildman–Crippen LogP) is 5.28. The van der Waals surface area contributed by atoms with E-state index in [1.807, 2.05) is 32.0 Å². The molecule has 0 unspecified atom stereocenters. The highest BCUT2D eigenvalue weighted by molar-refractivity contribution is 6.31. The zero-order valence-electron chi connectivity index (χ0n) is 16.6. The number of carbonyl (C=O) groups is 2. The quantitative estimate of drug-likeness (QED) is 0.444. The Hall–Kier alpha value is -3.57. The van der Waals surface area contributed by atoms with Crippen molar-refractivity contribution in [1.82, 2.24) is 4.40 Å². The van der Waals surface area contributed by atoms with Crippen LogP contribution in [0.3, 0.4) is 0 Å². The first kappa shape index (κ1) is 19.7. The van der Waals surface area contributed by atoms with E-state index in [9.17, 15) is 9.59 Å². The molecule has 5 nitrogen and oxygen atoms in total. The molecule has 0 aliphatic heterocycles. The van der Waals surface area contributed by atoms with E-state index in [0.29, 0.717) is 21.8 Å². The molecule has 0 aliphatic carbocycles. The third-order valence-electron chi connectivity index (χ3n) is 5.09. The number of hydrogen-bond acceptors (Lipinski definition) is 3. The summed E-state index contributed by atoms with van der Waals surface area (Å²) >= 11 is 6.07. The summed E-state index contributed by atoms with van der Waals surface area (Å²) in [5.41, 5.74) is 10.6. The number of pyridine rings is 1. The lowest BCUT2D eigenvalue weighted by Gasteiger charge is -2.09. The largest absolute Gasteiger partial charge is 0.396 e. The summed E-state index contributed by atoms with van der Waals surface area (Å²) < 4.78 is 1.66. The van der Waals surface area contributed by atoms with E-state index < -0.39 is 5.91 Å². The number of carbonyl (C=O) groups excluding carboxylic acids is 2. The monoisotopic (exact) mass is 417 g/mol. The Labute approximate surface area is 179 Å². The topological polar surface area (TPSA) is 76.6 Å². The average Bonchev–Trinajstić information content (AvgIpc) is 3.02. The normalized spacial score (nSPS) is 10.9. The fourth-order valence-corrected chi connectivity index (χ4v) is 3.63. The number of rotatable bonds is 4. The molecular formula is C24H20ClN3O2. The van der Waals surface area contributed by atoms with Crippen LogP contribution in [-0.4, -0.2) is 16.1 Å². The Bertz CT molecular complexity index is 1290. The first-order valence-corrected chi connectivity index (χ1v) is 9.82. The fourth-order valence-electron chi connectivity index (χ4n) is 3.45. The highest BCUT2D eigenvalue weighted by atomic mass is 35.5. The maximum Gasteiger partial charge on any atom is 0.259 e. The number of nitrogens with two attached hydrogens (primary N) is 1. The molecule has 0 radical (unpaired) electrons. The molecule has 3 N–H and O–H groups in total. The highest BCUT2D eigenvalue weighted by Crippen LogP contribution is 2.30. The second-order valence-corrected chi connectivity index (χ2v) is 7.64. The van der Waals surface area contributed by atoms with Crippen molar-refractivity contribution < 1.29 is 9.59 Å². The molecule has 2 aromatic heterocycles. The molecule has 0 saturated heterocycles. The van der Waals surface area contributed by atoms with E-state index in [-0.39, 0.29) is 22.7 Å². The summed E-state index contributed by atoms with van der Waals surface area (Å²) in [5, 5.41) is 3.39. The Morgan fingerprint density at radius 1 is 1.00 bits per heavy atom. The number of benzene rings is 2. The minimum absolute atomic E-state index is 0.143. The van der Waals surface area contributed by atoms with Crippen molar-refractivity contribution in [1.29, 1.82) is 0 Å². The summed E-state index contributed by atoms with van der Waals surface area (Å²) in [6, 6.07) is 17.9. The summed E-state index contributed by atoms with van der Waals surface area (Å²) in [7, 11) is 0. The average molecular weight is 418 g/mol. The molecule has 2 heterocycles. The van der Waals surface area contributed by atoms with Gasteiger partial charge in [0.2, 0.25) is 5.78 Å². The number of halogens is 1. The van der Waals surface area contributed by atoms with Gasteiger partial charge in [-0.05, 0) is 43.7 Å². The van der Waals surface area contributed by atoms with Gasteiger partial charge in [0, 0.05) is 22.5 Å². The van der Waals surface area contributed by atoms with Crippen LogP contribution in [0.2, 0.25) is 5.02 Å². The van der Waals surface area contributed by atoms with Crippen molar-refractivity contribution in [3.8, 4) is 0 Å². The molecule has 6 heteroatoms. The maximum atomic E-state index is 13.2. The molecule has 1 amide bonds. The van der Waals surface area contributed by atoms with E-state index in [1.54, 1.807) is 53.1 Å². The van der Waals surface area contributed by atoms with Crippen LogP contribution < -0.4 is 11.1 Å². The molecule has 0 spiro atoms. The minimum atomic E-state index is -0.399. The van der Waals surface area contributed by atoms with Gasteiger partial charge in [0.1, 0.15) is 5.69 Å². The molecule has 0 aliphatic rings. The van der Waals surface area contributed by atoms with Gasteiger partial charge in [0.15, 0.2) is 0 Å². The first-order valence-electron chi connectivity index (χ1n) is 9.44. The lowest BCUT2D eigenvalue weighted by Crippen LogP contribution is -2.15. The van der Waals surface area contributed by atoms with Gasteiger partial charge in [-0.1, -0.05) is 53.6 Å². The van der Waals surface area contributed by atoms with Gasteiger partial charge < -0.3 is 15.5 Å². The number of nitrogens with one attached hydrogen (secondary N) is 1. The third-order valence-corrected chi connectivity index (χ3v) is 5.32. The van der Waals surface area contributed by atoms with Crippen molar-refractivity contribution in [3.63, 3.8) is 0 Å². The van der Waals surface area contributed by atoms with Crippen LogP contribution in [0.5, 0.6) is 0 Å². The number of hydrogen-bond donors (Lipinski definition) is 2. The van der Waals surface area contributed by atoms with E-state index >= 15 is 0 Å². The zero-order valence-corrected chi connectivity index (χ0v) is 17.3. The Morgan fingerprint density at radius 3 is 2.47 bits per heavy atom. The molecule has 30 heavy (non-hydrogen) atoms. The third kappa shape index (κ3) is 3.44. The van der Waals surface area contributed by atoms with Gasteiger partial charge in [-0.3, -0.25) is 9.59 Å². The maximum absolute atomic E-state index is 13.2. The summed E-state index contributed by atoms with van der Waals surface area (Å²) in [5.74, 6) is -0.642. The van der Waals surface area contributed by atoms with Crippen LogP contribution in [0, 0.1) is 13.8 Å². The molecular weight excluding hydrogens is 398 g/mol. The second-order valence-electron chi connectivity index (χ2n) is 7.20. The number of fused-ring (bicyclic) bond motifs is 1. The number of anilines is 2. The van der Waals surface area contributed by atoms with Crippen molar-refractivity contribution in [2.45, 2.75) is 13.8 Å². The van der Waals surface area contributed by atoms with Gasteiger partial charge in [-0.2, -0.15) is 0 Å². The highest BCUT2D eigenvalue weighted by Gasteiger charge is 2.26. The number of amides is 1. The molecule has 0 saturated carbocycles. The summed E-state index contributed by atoms with van der Waals surface area (Å²) in [4.78, 5) is 26.4. The van der Waals surface area contributed by atoms with E-state index in [1.165, 1.54) is 0 Å². The molecule has 2 aromatic carbocycles. The van der Waals surface area contributed by atoms with Crippen LogP contribution in [-0.2, 0) is 0 Å². The van der Waals surface area contributed by atoms with Gasteiger partial charge >= 0.3 is 0 Å². The van der Waals surface area contributed by atoms with Gasteiger partial charge in [0.05, 0.1) is 16.8 Å². The summed E-state index contributed by atoms with van der Waals surface area (Å²) in [6.07, 6.45) is 1.73. The Kier molecular flexibility index (Phi) is 5.06.